The average molecular weight is 581 g/mol. The van der Waals surface area contributed by atoms with Crippen molar-refractivity contribution in [3.63, 3.8) is 0 Å². The van der Waals surface area contributed by atoms with Gasteiger partial charge in [0, 0.05) is 12.0 Å². The molecule has 5 nitrogen and oxygen atoms in total. The quantitative estimate of drug-likeness (QED) is 0.179. The van der Waals surface area contributed by atoms with Crippen LogP contribution in [-0.2, 0) is 0 Å². The van der Waals surface area contributed by atoms with Gasteiger partial charge >= 0.3 is 0 Å². The summed E-state index contributed by atoms with van der Waals surface area (Å²) in [5.74, 6) is 1.70. The van der Waals surface area contributed by atoms with Crippen molar-refractivity contribution in [1.82, 2.24) is 4.90 Å². The molecule has 0 aliphatic carbocycles. The van der Waals surface area contributed by atoms with Gasteiger partial charge in [-0.1, -0.05) is 64.2 Å². The minimum atomic E-state index is -0.549. The monoisotopic (exact) mass is 580 g/mol. The van der Waals surface area contributed by atoms with Gasteiger partial charge in [0.2, 0.25) is 0 Å². The fourth-order valence-electron chi connectivity index (χ4n) is 6.70. The molecule has 1 saturated heterocycles. The molecule has 2 aromatic carbocycles. The standard InChI is InChI=1S/C36H53FN2O3/c1-5-7-8-9-11-33(39-22-20-29(21-23-39)36(40)28-12-16-32(37)17-13-28)18-14-30(24-27(26-38)10-6-2)31-15-19-34(41-3)35(25-31)42-4/h12-13,15-17,19,25,27,29-30,33,36,40H,5-11,14,18,20-24H2,1-4H3. The van der Waals surface area contributed by atoms with Gasteiger partial charge in [0.25, 0.3) is 0 Å². The molecule has 1 N–H and O–H groups in total. The Bertz CT molecular complexity index is 1080. The molecular formula is C36H53FN2O3. The van der Waals surface area contributed by atoms with E-state index in [-0.39, 0.29) is 23.6 Å². The van der Waals surface area contributed by atoms with Crippen molar-refractivity contribution < 1.29 is 19.0 Å². The highest BCUT2D eigenvalue weighted by atomic mass is 19.1. The highest BCUT2D eigenvalue weighted by Crippen LogP contribution is 2.38. The SMILES string of the molecule is CCCCCCC(CCC(CC(C#N)CCC)c1ccc(OC)c(OC)c1)N1CCC(C(O)c2ccc(F)cc2)CC1. The van der Waals surface area contributed by atoms with Crippen molar-refractivity contribution in [3.8, 4) is 17.6 Å². The zero-order valence-corrected chi connectivity index (χ0v) is 26.4. The number of likely N-dealkylation sites (tertiary alicyclic amines) is 1. The number of hydrogen-bond acceptors (Lipinski definition) is 5. The molecule has 1 fully saturated rings. The van der Waals surface area contributed by atoms with E-state index in [1.165, 1.54) is 49.8 Å². The summed E-state index contributed by atoms with van der Waals surface area (Å²) in [7, 11) is 3.34. The molecule has 0 saturated carbocycles. The summed E-state index contributed by atoms with van der Waals surface area (Å²) in [6.45, 7) is 6.35. The zero-order valence-electron chi connectivity index (χ0n) is 26.4. The molecule has 1 aliphatic heterocycles. The van der Waals surface area contributed by atoms with E-state index in [1.807, 2.05) is 6.07 Å². The van der Waals surface area contributed by atoms with Crippen LogP contribution in [0.5, 0.6) is 11.5 Å². The van der Waals surface area contributed by atoms with Gasteiger partial charge in [-0.15, -0.1) is 0 Å². The Morgan fingerprint density at radius 2 is 1.57 bits per heavy atom. The van der Waals surface area contributed by atoms with Crippen molar-refractivity contribution in [2.75, 3.05) is 27.3 Å². The number of aliphatic hydroxyl groups is 1. The second kappa shape index (κ2) is 18.1. The van der Waals surface area contributed by atoms with Crippen molar-refractivity contribution >= 4 is 0 Å². The minimum Gasteiger partial charge on any atom is -0.493 e. The van der Waals surface area contributed by atoms with Crippen molar-refractivity contribution in [1.29, 1.82) is 5.26 Å². The van der Waals surface area contributed by atoms with Crippen LogP contribution in [0.25, 0.3) is 0 Å². The van der Waals surface area contributed by atoms with Gasteiger partial charge in [-0.05, 0) is 105 Å². The summed E-state index contributed by atoms with van der Waals surface area (Å²) >= 11 is 0. The molecule has 0 amide bonds. The van der Waals surface area contributed by atoms with Crippen LogP contribution in [0.15, 0.2) is 42.5 Å². The predicted molar refractivity (Wildman–Crippen MR) is 168 cm³/mol. The molecule has 232 valence electrons. The fraction of sp³-hybridized carbons (Fsp3) is 0.639. The molecule has 1 aliphatic rings. The summed E-state index contributed by atoms with van der Waals surface area (Å²) in [5, 5.41) is 20.9. The summed E-state index contributed by atoms with van der Waals surface area (Å²) in [6.07, 6.45) is 12.4. The van der Waals surface area contributed by atoms with Crippen molar-refractivity contribution in [2.24, 2.45) is 11.8 Å². The van der Waals surface area contributed by atoms with Gasteiger partial charge in [-0.2, -0.15) is 5.26 Å². The number of benzene rings is 2. The first kappa shape index (κ1) is 33.9. The molecule has 6 heteroatoms. The van der Waals surface area contributed by atoms with E-state index in [0.29, 0.717) is 6.04 Å². The molecule has 0 spiro atoms. The van der Waals surface area contributed by atoms with Gasteiger partial charge in [-0.25, -0.2) is 4.39 Å². The number of aliphatic hydroxyl groups excluding tert-OH is 1. The summed E-state index contributed by atoms with van der Waals surface area (Å²) < 4.78 is 24.5. The van der Waals surface area contributed by atoms with Gasteiger partial charge in [0.1, 0.15) is 5.82 Å². The molecule has 0 radical (unpaired) electrons. The lowest BCUT2D eigenvalue weighted by Gasteiger charge is -2.40. The van der Waals surface area contributed by atoms with Gasteiger partial charge in [0.05, 0.1) is 26.4 Å². The van der Waals surface area contributed by atoms with Crippen molar-refractivity contribution in [3.05, 3.63) is 59.4 Å². The van der Waals surface area contributed by atoms with Crippen LogP contribution in [-0.4, -0.2) is 43.4 Å². The lowest BCUT2D eigenvalue weighted by Crippen LogP contribution is -2.42. The van der Waals surface area contributed by atoms with Crippen LogP contribution in [0.1, 0.15) is 114 Å². The molecule has 3 rings (SSSR count). The molecule has 4 unspecified atom stereocenters. The maximum Gasteiger partial charge on any atom is 0.160 e. The third-order valence-electron chi connectivity index (χ3n) is 9.26. The summed E-state index contributed by atoms with van der Waals surface area (Å²) in [6, 6.07) is 15.6. The van der Waals surface area contributed by atoms with Crippen LogP contribution in [0.4, 0.5) is 4.39 Å². The van der Waals surface area contributed by atoms with E-state index in [2.05, 4.69) is 36.9 Å². The normalized spacial score (nSPS) is 17.3. The molecule has 42 heavy (non-hydrogen) atoms. The zero-order chi connectivity index (χ0) is 30.3. The van der Waals surface area contributed by atoms with E-state index in [4.69, 9.17) is 9.47 Å². The topological polar surface area (TPSA) is 65.7 Å². The number of nitrogens with zero attached hydrogens (tertiary/aromatic N) is 2. The first-order valence-corrected chi connectivity index (χ1v) is 16.2. The molecule has 0 aromatic heterocycles. The molecular weight excluding hydrogens is 527 g/mol. The second-order valence-corrected chi connectivity index (χ2v) is 12.1. The molecule has 4 atom stereocenters. The number of nitriles is 1. The number of halogens is 1. The number of unbranched alkanes of at least 4 members (excludes halogenated alkanes) is 3. The van der Waals surface area contributed by atoms with E-state index in [1.54, 1.807) is 26.4 Å². The Kier molecular flexibility index (Phi) is 14.6. The fourth-order valence-corrected chi connectivity index (χ4v) is 6.70. The van der Waals surface area contributed by atoms with Gasteiger partial charge in [-0.3, -0.25) is 0 Å². The van der Waals surface area contributed by atoms with E-state index in [0.717, 1.165) is 75.1 Å². The number of hydrogen-bond donors (Lipinski definition) is 1. The highest BCUT2D eigenvalue weighted by molar-refractivity contribution is 5.44. The number of methoxy groups -OCH3 is 2. The molecule has 1 heterocycles. The van der Waals surface area contributed by atoms with Gasteiger partial charge in [0.15, 0.2) is 11.5 Å². The smallest absolute Gasteiger partial charge is 0.160 e. The summed E-state index contributed by atoms with van der Waals surface area (Å²) in [4.78, 5) is 2.65. The van der Waals surface area contributed by atoms with Crippen molar-refractivity contribution in [2.45, 2.75) is 109 Å². The van der Waals surface area contributed by atoms with Crippen LogP contribution in [0.3, 0.4) is 0 Å². The lowest BCUT2D eigenvalue weighted by molar-refractivity contribution is 0.0403. The largest absolute Gasteiger partial charge is 0.493 e. The van der Waals surface area contributed by atoms with Gasteiger partial charge < -0.3 is 19.5 Å². The average Bonchev–Trinajstić information content (AvgIpc) is 3.03. The number of rotatable bonds is 18. The maximum atomic E-state index is 13.4. The third kappa shape index (κ3) is 9.99. The predicted octanol–water partition coefficient (Wildman–Crippen LogP) is 8.82. The van der Waals surface area contributed by atoms with Crippen LogP contribution in [0, 0.1) is 29.0 Å². The maximum absolute atomic E-state index is 13.4. The summed E-state index contributed by atoms with van der Waals surface area (Å²) in [5.41, 5.74) is 2.03. The first-order chi connectivity index (χ1) is 20.4. The van der Waals surface area contributed by atoms with E-state index < -0.39 is 6.10 Å². The van der Waals surface area contributed by atoms with Crippen LogP contribution >= 0.6 is 0 Å². The second-order valence-electron chi connectivity index (χ2n) is 12.1. The minimum absolute atomic E-state index is 0.0415. The van der Waals surface area contributed by atoms with Crippen LogP contribution < -0.4 is 9.47 Å². The van der Waals surface area contributed by atoms with E-state index >= 15 is 0 Å². The lowest BCUT2D eigenvalue weighted by atomic mass is 9.82. The Morgan fingerprint density at radius 3 is 2.19 bits per heavy atom. The number of ether oxygens (including phenoxy) is 2. The highest BCUT2D eigenvalue weighted by Gasteiger charge is 2.30. The number of piperidine rings is 1. The Hall–Kier alpha value is -2.62. The molecule has 2 aromatic rings. The Morgan fingerprint density at radius 1 is 0.881 bits per heavy atom. The third-order valence-corrected chi connectivity index (χ3v) is 9.26. The van der Waals surface area contributed by atoms with Crippen LogP contribution in [0.2, 0.25) is 0 Å². The Balaban J connectivity index is 1.72. The first-order valence-electron chi connectivity index (χ1n) is 16.2. The molecule has 0 bridgehead atoms. The van der Waals surface area contributed by atoms with E-state index in [9.17, 15) is 14.8 Å². The Labute approximate surface area is 254 Å².